The van der Waals surface area contributed by atoms with Crippen molar-refractivity contribution in [2.75, 3.05) is 0 Å². The molecular formula is C7H8BI. The summed E-state index contributed by atoms with van der Waals surface area (Å²) in [4.78, 5) is 0. The standard InChI is InChI=1S/C7H8BI/c8-5-6-2-1-3-7(9)4-6/h1-4H,5,8H2. The van der Waals surface area contributed by atoms with Gasteiger partial charge in [-0.3, -0.25) is 0 Å². The summed E-state index contributed by atoms with van der Waals surface area (Å²) in [6, 6.07) is 8.57. The van der Waals surface area contributed by atoms with Crippen molar-refractivity contribution >= 4 is 30.4 Å². The van der Waals surface area contributed by atoms with Gasteiger partial charge in [0.25, 0.3) is 0 Å². The van der Waals surface area contributed by atoms with E-state index in [1.165, 1.54) is 9.13 Å². The third-order valence-electron chi connectivity index (χ3n) is 1.30. The molecule has 0 aliphatic heterocycles. The molecule has 0 aromatic heterocycles. The highest BCUT2D eigenvalue weighted by atomic mass is 127. The summed E-state index contributed by atoms with van der Waals surface area (Å²) in [5, 5.41) is 0. The molecule has 1 aromatic rings. The maximum Gasteiger partial charge on any atom is 0.107 e. The van der Waals surface area contributed by atoms with Gasteiger partial charge in [-0.1, -0.05) is 24.0 Å². The van der Waals surface area contributed by atoms with E-state index in [0.717, 1.165) is 6.32 Å². The van der Waals surface area contributed by atoms with Crippen LogP contribution >= 0.6 is 22.6 Å². The first kappa shape index (κ1) is 7.13. The Hall–Kier alpha value is 0.0149. The molecule has 0 fully saturated rings. The van der Waals surface area contributed by atoms with E-state index < -0.39 is 0 Å². The predicted octanol–water partition coefficient (Wildman–Crippen LogP) is 1.42. The number of halogens is 1. The van der Waals surface area contributed by atoms with Crippen molar-refractivity contribution in [2.45, 2.75) is 6.32 Å². The van der Waals surface area contributed by atoms with E-state index in [0.29, 0.717) is 0 Å². The van der Waals surface area contributed by atoms with E-state index in [9.17, 15) is 0 Å². The lowest BCUT2D eigenvalue weighted by Crippen LogP contribution is -1.82. The molecule has 0 saturated heterocycles. The number of rotatable bonds is 1. The summed E-state index contributed by atoms with van der Waals surface area (Å²) < 4.78 is 1.33. The van der Waals surface area contributed by atoms with Crippen LogP contribution in [0.1, 0.15) is 5.56 Å². The van der Waals surface area contributed by atoms with E-state index in [2.05, 4.69) is 54.7 Å². The molecule has 0 aliphatic carbocycles. The molecule has 0 saturated carbocycles. The summed E-state index contributed by atoms with van der Waals surface area (Å²) in [5.41, 5.74) is 1.42. The summed E-state index contributed by atoms with van der Waals surface area (Å²) >= 11 is 2.33. The second-order valence-electron chi connectivity index (χ2n) is 1.98. The van der Waals surface area contributed by atoms with Gasteiger partial charge in [-0.15, -0.1) is 0 Å². The van der Waals surface area contributed by atoms with Gasteiger partial charge in [0.15, 0.2) is 0 Å². The highest BCUT2D eigenvalue weighted by molar-refractivity contribution is 14.1. The molecular weight excluding hydrogens is 222 g/mol. The quantitative estimate of drug-likeness (QED) is 0.505. The maximum atomic E-state index is 2.33. The fraction of sp³-hybridized carbons (Fsp3) is 0.143. The Labute approximate surface area is 70.2 Å². The van der Waals surface area contributed by atoms with Crippen LogP contribution in [0.25, 0.3) is 0 Å². The summed E-state index contributed by atoms with van der Waals surface area (Å²) in [7, 11) is 2.17. The highest BCUT2D eigenvalue weighted by Crippen LogP contribution is 2.06. The van der Waals surface area contributed by atoms with E-state index in [-0.39, 0.29) is 0 Å². The minimum absolute atomic E-state index is 1.14. The zero-order chi connectivity index (χ0) is 6.69. The van der Waals surface area contributed by atoms with Crippen LogP contribution in [0.3, 0.4) is 0 Å². The Morgan fingerprint density at radius 2 is 2.22 bits per heavy atom. The van der Waals surface area contributed by atoms with Gasteiger partial charge in [0.1, 0.15) is 7.85 Å². The summed E-state index contributed by atoms with van der Waals surface area (Å²) in [6.45, 7) is 0. The topological polar surface area (TPSA) is 0 Å². The lowest BCUT2D eigenvalue weighted by molar-refractivity contribution is 1.39. The molecule has 9 heavy (non-hydrogen) atoms. The van der Waals surface area contributed by atoms with Crippen LogP contribution in [0.4, 0.5) is 0 Å². The van der Waals surface area contributed by atoms with E-state index in [1.807, 2.05) is 0 Å². The minimum Gasteiger partial charge on any atom is -0.0610 e. The second-order valence-corrected chi connectivity index (χ2v) is 3.23. The first-order chi connectivity index (χ1) is 4.33. The molecule has 0 unspecified atom stereocenters. The molecule has 2 heteroatoms. The van der Waals surface area contributed by atoms with Crippen LogP contribution in [0.15, 0.2) is 24.3 Å². The Balaban J connectivity index is 2.94. The molecule has 0 spiro atoms. The van der Waals surface area contributed by atoms with Crippen molar-refractivity contribution in [1.82, 2.24) is 0 Å². The molecule has 1 rings (SSSR count). The van der Waals surface area contributed by atoms with Gasteiger partial charge in [-0.25, -0.2) is 0 Å². The Kier molecular flexibility index (Phi) is 2.57. The van der Waals surface area contributed by atoms with Gasteiger partial charge in [0, 0.05) is 3.57 Å². The van der Waals surface area contributed by atoms with Crippen LogP contribution in [-0.4, -0.2) is 7.85 Å². The van der Waals surface area contributed by atoms with Gasteiger partial charge >= 0.3 is 0 Å². The van der Waals surface area contributed by atoms with E-state index in [1.54, 1.807) is 0 Å². The lowest BCUT2D eigenvalue weighted by Gasteiger charge is -1.94. The van der Waals surface area contributed by atoms with Crippen LogP contribution in [0.2, 0.25) is 0 Å². The Morgan fingerprint density at radius 1 is 1.44 bits per heavy atom. The molecule has 0 radical (unpaired) electrons. The fourth-order valence-electron chi connectivity index (χ4n) is 0.757. The largest absolute Gasteiger partial charge is 0.107 e. The van der Waals surface area contributed by atoms with Gasteiger partial charge in [-0.05, 0) is 34.7 Å². The molecule has 0 aliphatic rings. The Bertz CT molecular complexity index is 198. The average Bonchev–Trinajstić information content (AvgIpc) is 1.88. The molecule has 0 nitrogen and oxygen atoms in total. The van der Waals surface area contributed by atoms with Crippen molar-refractivity contribution in [2.24, 2.45) is 0 Å². The smallest absolute Gasteiger partial charge is 0.0610 e. The van der Waals surface area contributed by atoms with Crippen LogP contribution in [0.5, 0.6) is 0 Å². The zero-order valence-corrected chi connectivity index (χ0v) is 7.55. The monoisotopic (exact) mass is 230 g/mol. The van der Waals surface area contributed by atoms with Crippen molar-refractivity contribution < 1.29 is 0 Å². The van der Waals surface area contributed by atoms with Gasteiger partial charge in [0.05, 0.1) is 0 Å². The van der Waals surface area contributed by atoms with Gasteiger partial charge in [-0.2, -0.15) is 0 Å². The van der Waals surface area contributed by atoms with Crippen molar-refractivity contribution in [3.05, 3.63) is 33.4 Å². The SMILES string of the molecule is BCc1cccc(I)c1. The molecule has 0 amide bonds. The maximum absolute atomic E-state index is 2.33. The molecule has 0 atom stereocenters. The van der Waals surface area contributed by atoms with Crippen molar-refractivity contribution in [1.29, 1.82) is 0 Å². The van der Waals surface area contributed by atoms with Crippen LogP contribution in [0, 0.1) is 3.57 Å². The summed E-state index contributed by atoms with van der Waals surface area (Å²) in [5.74, 6) is 0. The van der Waals surface area contributed by atoms with Crippen molar-refractivity contribution in [3.8, 4) is 0 Å². The highest BCUT2D eigenvalue weighted by Gasteiger charge is 1.87. The first-order valence-electron chi connectivity index (χ1n) is 3.07. The Morgan fingerprint density at radius 3 is 2.67 bits per heavy atom. The average molecular weight is 230 g/mol. The minimum atomic E-state index is 1.14. The third kappa shape index (κ3) is 2.01. The van der Waals surface area contributed by atoms with E-state index >= 15 is 0 Å². The second kappa shape index (κ2) is 3.25. The first-order valence-corrected chi connectivity index (χ1v) is 4.15. The molecule has 46 valence electrons. The van der Waals surface area contributed by atoms with Crippen LogP contribution in [-0.2, 0) is 6.32 Å². The number of hydrogen-bond acceptors (Lipinski definition) is 0. The lowest BCUT2D eigenvalue weighted by atomic mass is 9.97. The molecule has 1 aromatic carbocycles. The molecule has 0 heterocycles. The van der Waals surface area contributed by atoms with Gasteiger partial charge in [0.2, 0.25) is 0 Å². The predicted molar refractivity (Wildman–Crippen MR) is 51.4 cm³/mol. The van der Waals surface area contributed by atoms with E-state index in [4.69, 9.17) is 0 Å². The van der Waals surface area contributed by atoms with Crippen molar-refractivity contribution in [3.63, 3.8) is 0 Å². The third-order valence-corrected chi connectivity index (χ3v) is 1.97. The zero-order valence-electron chi connectivity index (χ0n) is 5.39. The summed E-state index contributed by atoms with van der Waals surface area (Å²) in [6.07, 6.45) is 1.14. The fourth-order valence-corrected chi connectivity index (χ4v) is 1.36. The van der Waals surface area contributed by atoms with Gasteiger partial charge < -0.3 is 0 Å². The number of hydrogen-bond donors (Lipinski definition) is 0. The van der Waals surface area contributed by atoms with Crippen LogP contribution < -0.4 is 0 Å². The molecule has 0 bridgehead atoms. The molecule has 0 N–H and O–H groups in total. The number of benzene rings is 1. The normalized spacial score (nSPS) is 9.44.